The summed E-state index contributed by atoms with van der Waals surface area (Å²) in [5.74, 6) is -1.14. The summed E-state index contributed by atoms with van der Waals surface area (Å²) in [6.45, 7) is 9.59. The molecule has 0 bridgehead atoms. The van der Waals surface area contributed by atoms with Gasteiger partial charge in [0.05, 0.1) is 7.11 Å². The zero-order valence-corrected chi connectivity index (χ0v) is 8.49. The Bertz CT molecular complexity index is 216. The van der Waals surface area contributed by atoms with E-state index in [9.17, 15) is 9.59 Å². The Kier molecular flexibility index (Phi) is 8.50. The zero-order valence-electron chi connectivity index (χ0n) is 8.49. The van der Waals surface area contributed by atoms with Gasteiger partial charge in [-0.15, -0.1) is 0 Å². The number of esters is 1. The Hall–Kier alpha value is -1.62. The highest BCUT2D eigenvalue weighted by molar-refractivity contribution is 5.86. The van der Waals surface area contributed by atoms with Crippen LogP contribution in [0.2, 0.25) is 0 Å². The molecule has 0 saturated heterocycles. The highest BCUT2D eigenvalue weighted by Gasteiger charge is 1.98. The van der Waals surface area contributed by atoms with E-state index in [1.54, 1.807) is 6.92 Å². The van der Waals surface area contributed by atoms with Crippen LogP contribution in [-0.2, 0) is 19.2 Å². The first-order chi connectivity index (χ1) is 6.36. The summed E-state index contributed by atoms with van der Waals surface area (Å²) in [6, 6.07) is 0. The van der Waals surface area contributed by atoms with Gasteiger partial charge in [0.1, 0.15) is 0 Å². The minimum absolute atomic E-state index is 0.183. The Balaban J connectivity index is 0. The molecule has 0 heterocycles. The maximum Gasteiger partial charge on any atom is 0.367 e. The second-order valence-electron chi connectivity index (χ2n) is 2.43. The molecule has 0 aromatic carbocycles. The molecular weight excluding hydrogens is 188 g/mol. The number of methoxy groups -OCH3 is 1. The monoisotopic (exact) mass is 202 g/mol. The molecule has 5 heteroatoms. The molecule has 14 heavy (non-hydrogen) atoms. The number of carbonyl (C=O) groups is 2. The topological polar surface area (TPSA) is 72.8 Å². The second-order valence-corrected chi connectivity index (χ2v) is 2.43. The van der Waals surface area contributed by atoms with Crippen LogP contribution in [0.25, 0.3) is 0 Å². The first-order valence-corrected chi connectivity index (χ1v) is 3.61. The number of hydrogen-bond donors (Lipinski definition) is 1. The van der Waals surface area contributed by atoms with Gasteiger partial charge in [-0.05, 0) is 13.8 Å². The van der Waals surface area contributed by atoms with Gasteiger partial charge >= 0.3 is 11.9 Å². The van der Waals surface area contributed by atoms with Crippen LogP contribution in [0.5, 0.6) is 0 Å². The van der Waals surface area contributed by atoms with E-state index in [0.29, 0.717) is 5.57 Å². The molecular formula is C9H14O5. The maximum atomic E-state index is 10.2. The molecule has 0 aliphatic rings. The van der Waals surface area contributed by atoms with Crippen LogP contribution in [0.4, 0.5) is 0 Å². The van der Waals surface area contributed by atoms with Crippen molar-refractivity contribution in [3.63, 3.8) is 0 Å². The summed E-state index contributed by atoms with van der Waals surface area (Å²) < 4.78 is 4.27. The van der Waals surface area contributed by atoms with Crippen LogP contribution in [0.1, 0.15) is 13.8 Å². The standard InChI is InChI=1S/C5H8O2.C4H6O3/c1-4(2)5(6)7-3;1-3(2)4(5)7-6/h1H2,2-3H3;6H,1H2,2H3. The lowest BCUT2D eigenvalue weighted by Crippen LogP contribution is -1.99. The third kappa shape index (κ3) is 8.48. The van der Waals surface area contributed by atoms with Crippen LogP contribution in [-0.4, -0.2) is 24.3 Å². The average Bonchev–Trinajstić information content (AvgIpc) is 2.15. The summed E-state index contributed by atoms with van der Waals surface area (Å²) in [5, 5.41) is 7.59. The van der Waals surface area contributed by atoms with E-state index < -0.39 is 5.97 Å². The fourth-order valence-electron chi connectivity index (χ4n) is 0.252. The van der Waals surface area contributed by atoms with Crippen LogP contribution < -0.4 is 0 Å². The van der Waals surface area contributed by atoms with Gasteiger partial charge in [0.2, 0.25) is 0 Å². The summed E-state index contributed by atoms with van der Waals surface area (Å²) in [7, 11) is 1.33. The molecule has 0 fully saturated rings. The molecule has 0 aliphatic carbocycles. The summed E-state index contributed by atoms with van der Waals surface area (Å²) in [4.78, 5) is 23.4. The van der Waals surface area contributed by atoms with Gasteiger partial charge in [0.15, 0.2) is 0 Å². The second kappa shape index (κ2) is 8.00. The minimum Gasteiger partial charge on any atom is -0.466 e. The van der Waals surface area contributed by atoms with Gasteiger partial charge in [-0.25, -0.2) is 9.59 Å². The average molecular weight is 202 g/mol. The molecule has 0 aliphatic heterocycles. The van der Waals surface area contributed by atoms with Crippen molar-refractivity contribution in [3.05, 3.63) is 24.3 Å². The largest absolute Gasteiger partial charge is 0.466 e. The highest BCUT2D eigenvalue weighted by atomic mass is 17.1. The van der Waals surface area contributed by atoms with Crippen molar-refractivity contribution in [2.24, 2.45) is 0 Å². The summed E-state index contributed by atoms with van der Waals surface area (Å²) >= 11 is 0. The molecule has 0 radical (unpaired) electrons. The fourth-order valence-corrected chi connectivity index (χ4v) is 0.252. The van der Waals surface area contributed by atoms with E-state index in [0.717, 1.165) is 0 Å². The van der Waals surface area contributed by atoms with E-state index in [-0.39, 0.29) is 11.5 Å². The quantitative estimate of drug-likeness (QED) is 0.316. The van der Waals surface area contributed by atoms with Gasteiger partial charge in [-0.2, -0.15) is 5.26 Å². The SMILES string of the molecule is C=C(C)C(=O)OC.C=C(C)C(=O)OO. The predicted molar refractivity (Wildman–Crippen MR) is 50.4 cm³/mol. The Morgan fingerprint density at radius 3 is 1.43 bits per heavy atom. The van der Waals surface area contributed by atoms with Crippen LogP contribution in [0, 0.1) is 0 Å². The molecule has 0 aromatic rings. The molecule has 5 nitrogen and oxygen atoms in total. The summed E-state index contributed by atoms with van der Waals surface area (Å²) in [6.07, 6.45) is 0. The first kappa shape index (κ1) is 14.9. The number of rotatable bonds is 2. The third-order valence-electron chi connectivity index (χ3n) is 0.965. The smallest absolute Gasteiger partial charge is 0.367 e. The molecule has 0 atom stereocenters. The van der Waals surface area contributed by atoms with Crippen molar-refractivity contribution in [1.29, 1.82) is 0 Å². The van der Waals surface area contributed by atoms with E-state index in [2.05, 4.69) is 22.8 Å². The van der Waals surface area contributed by atoms with Crippen molar-refractivity contribution < 1.29 is 24.5 Å². The summed E-state index contributed by atoms with van der Waals surface area (Å²) in [5.41, 5.74) is 0.616. The number of hydrogen-bond acceptors (Lipinski definition) is 5. The van der Waals surface area contributed by atoms with E-state index in [1.807, 2.05) is 0 Å². The fraction of sp³-hybridized carbons (Fsp3) is 0.333. The molecule has 0 unspecified atom stereocenters. The Morgan fingerprint density at radius 1 is 1.07 bits per heavy atom. The molecule has 1 N–H and O–H groups in total. The Morgan fingerprint density at radius 2 is 1.43 bits per heavy atom. The van der Waals surface area contributed by atoms with E-state index >= 15 is 0 Å². The lowest BCUT2D eigenvalue weighted by Gasteiger charge is -1.91. The normalized spacial score (nSPS) is 7.71. The number of carbonyl (C=O) groups excluding carboxylic acids is 2. The molecule has 0 amide bonds. The van der Waals surface area contributed by atoms with Crippen molar-refractivity contribution in [2.45, 2.75) is 13.8 Å². The lowest BCUT2D eigenvalue weighted by molar-refractivity contribution is -0.229. The van der Waals surface area contributed by atoms with Crippen molar-refractivity contribution in [3.8, 4) is 0 Å². The van der Waals surface area contributed by atoms with E-state index in [4.69, 9.17) is 5.26 Å². The van der Waals surface area contributed by atoms with Crippen molar-refractivity contribution in [1.82, 2.24) is 0 Å². The lowest BCUT2D eigenvalue weighted by atomic mass is 10.4. The minimum atomic E-state index is -0.792. The predicted octanol–water partition coefficient (Wildman–Crippen LogP) is 1.31. The van der Waals surface area contributed by atoms with Gasteiger partial charge in [-0.1, -0.05) is 13.2 Å². The van der Waals surface area contributed by atoms with Crippen LogP contribution in [0.3, 0.4) is 0 Å². The third-order valence-corrected chi connectivity index (χ3v) is 0.965. The van der Waals surface area contributed by atoms with Crippen molar-refractivity contribution >= 4 is 11.9 Å². The van der Waals surface area contributed by atoms with Gasteiger partial charge in [0.25, 0.3) is 0 Å². The first-order valence-electron chi connectivity index (χ1n) is 3.61. The van der Waals surface area contributed by atoms with Crippen LogP contribution in [0.15, 0.2) is 24.3 Å². The zero-order chi connectivity index (χ0) is 11.7. The Labute approximate surface area is 82.6 Å². The molecule has 80 valence electrons. The molecule has 0 spiro atoms. The number of ether oxygens (including phenoxy) is 1. The van der Waals surface area contributed by atoms with Gasteiger partial charge in [-0.3, -0.25) is 4.89 Å². The molecule has 0 saturated carbocycles. The molecule has 0 rings (SSSR count). The van der Waals surface area contributed by atoms with Crippen molar-refractivity contribution in [2.75, 3.05) is 7.11 Å². The van der Waals surface area contributed by atoms with Crippen LogP contribution >= 0.6 is 0 Å². The maximum absolute atomic E-state index is 10.2. The van der Waals surface area contributed by atoms with Gasteiger partial charge < -0.3 is 4.74 Å². The van der Waals surface area contributed by atoms with Gasteiger partial charge in [0, 0.05) is 11.1 Å². The van der Waals surface area contributed by atoms with E-state index in [1.165, 1.54) is 14.0 Å². The highest BCUT2D eigenvalue weighted by Crippen LogP contribution is 1.87. The molecule has 0 aromatic heterocycles.